The summed E-state index contributed by atoms with van der Waals surface area (Å²) in [7, 11) is 0. The summed E-state index contributed by atoms with van der Waals surface area (Å²) in [4.78, 5) is 24.6. The summed E-state index contributed by atoms with van der Waals surface area (Å²) in [5.74, 6) is -0.111. The molecule has 0 unspecified atom stereocenters. The highest BCUT2D eigenvalue weighted by Crippen LogP contribution is 2.25. The van der Waals surface area contributed by atoms with Crippen molar-refractivity contribution in [2.24, 2.45) is 5.41 Å². The molecule has 0 aliphatic heterocycles. The first-order valence-corrected chi connectivity index (χ1v) is 7.57. The molecule has 0 spiro atoms. The second kappa shape index (κ2) is 6.79. The predicted molar refractivity (Wildman–Crippen MR) is 87.1 cm³/mol. The molecule has 22 heavy (non-hydrogen) atoms. The van der Waals surface area contributed by atoms with E-state index in [1.165, 1.54) is 6.26 Å². The number of carbonyl (C=O) groups is 2. The fraction of sp³-hybridized carbons (Fsp3) is 0.250. The average molecular weight is 365 g/mol. The number of anilines is 1. The van der Waals surface area contributed by atoms with E-state index in [9.17, 15) is 9.59 Å². The monoisotopic (exact) mass is 364 g/mol. The molecule has 0 atom stereocenters. The third-order valence-corrected chi connectivity index (χ3v) is 3.95. The van der Waals surface area contributed by atoms with Gasteiger partial charge < -0.3 is 15.1 Å². The van der Waals surface area contributed by atoms with Gasteiger partial charge in [0.05, 0.1) is 18.5 Å². The molecule has 1 aromatic carbocycles. The average Bonchev–Trinajstić information content (AvgIpc) is 3.00. The lowest BCUT2D eigenvalue weighted by Gasteiger charge is -2.22. The fourth-order valence-electron chi connectivity index (χ4n) is 1.75. The summed E-state index contributed by atoms with van der Waals surface area (Å²) in [6.45, 7) is 3.41. The van der Waals surface area contributed by atoms with Crippen LogP contribution in [0.15, 0.2) is 51.6 Å². The molecule has 0 saturated carbocycles. The number of amides is 2. The number of hydrogen-bond acceptors (Lipinski definition) is 3. The first-order valence-electron chi connectivity index (χ1n) is 6.78. The number of halogens is 1. The van der Waals surface area contributed by atoms with Crippen LogP contribution in [-0.2, 0) is 16.1 Å². The van der Waals surface area contributed by atoms with Gasteiger partial charge in [0, 0.05) is 4.47 Å². The van der Waals surface area contributed by atoms with Crippen molar-refractivity contribution in [3.63, 3.8) is 0 Å². The van der Waals surface area contributed by atoms with Crippen LogP contribution in [0.4, 0.5) is 5.69 Å². The standard InChI is InChI=1S/C16H17BrN2O3/c1-16(2,14(20)18-10-11-6-5-9-22-11)15(21)19-13-8-4-3-7-12(13)17/h3-9H,10H2,1-2H3,(H,18,20)(H,19,21). The van der Waals surface area contributed by atoms with Crippen molar-refractivity contribution in [2.45, 2.75) is 20.4 Å². The van der Waals surface area contributed by atoms with Crippen molar-refractivity contribution in [1.29, 1.82) is 0 Å². The first-order chi connectivity index (χ1) is 10.4. The Morgan fingerprint density at radius 2 is 1.86 bits per heavy atom. The summed E-state index contributed by atoms with van der Waals surface area (Å²) in [5, 5.41) is 5.46. The molecule has 0 bridgehead atoms. The lowest BCUT2D eigenvalue weighted by molar-refractivity contribution is -0.138. The van der Waals surface area contributed by atoms with Gasteiger partial charge in [-0.15, -0.1) is 0 Å². The maximum absolute atomic E-state index is 12.4. The molecule has 0 aliphatic rings. The van der Waals surface area contributed by atoms with E-state index in [2.05, 4.69) is 26.6 Å². The van der Waals surface area contributed by atoms with Crippen LogP contribution < -0.4 is 10.6 Å². The molecule has 1 heterocycles. The molecular weight excluding hydrogens is 348 g/mol. The summed E-state index contributed by atoms with van der Waals surface area (Å²) in [6, 6.07) is 10.7. The Morgan fingerprint density at radius 1 is 1.14 bits per heavy atom. The lowest BCUT2D eigenvalue weighted by atomic mass is 9.91. The zero-order chi connectivity index (χ0) is 16.2. The fourth-order valence-corrected chi connectivity index (χ4v) is 2.13. The molecule has 6 heteroatoms. The molecule has 0 saturated heterocycles. The van der Waals surface area contributed by atoms with E-state index in [1.807, 2.05) is 18.2 Å². The second-order valence-electron chi connectivity index (χ2n) is 5.32. The van der Waals surface area contributed by atoms with Gasteiger partial charge in [-0.1, -0.05) is 12.1 Å². The highest BCUT2D eigenvalue weighted by Gasteiger charge is 2.36. The van der Waals surface area contributed by atoms with Crippen molar-refractivity contribution in [3.05, 3.63) is 52.9 Å². The maximum Gasteiger partial charge on any atom is 0.239 e. The largest absolute Gasteiger partial charge is 0.467 e. The van der Waals surface area contributed by atoms with Crippen molar-refractivity contribution in [1.82, 2.24) is 5.32 Å². The predicted octanol–water partition coefficient (Wildman–Crippen LogP) is 3.32. The molecule has 2 amide bonds. The topological polar surface area (TPSA) is 71.3 Å². The number of hydrogen-bond donors (Lipinski definition) is 2. The van der Waals surface area contributed by atoms with E-state index < -0.39 is 5.41 Å². The molecular formula is C16H17BrN2O3. The maximum atomic E-state index is 12.4. The lowest BCUT2D eigenvalue weighted by Crippen LogP contribution is -2.44. The van der Waals surface area contributed by atoms with Crippen LogP contribution in [0.1, 0.15) is 19.6 Å². The van der Waals surface area contributed by atoms with Gasteiger partial charge in [0.15, 0.2) is 0 Å². The van der Waals surface area contributed by atoms with Crippen LogP contribution in [-0.4, -0.2) is 11.8 Å². The Morgan fingerprint density at radius 3 is 2.50 bits per heavy atom. The zero-order valence-electron chi connectivity index (χ0n) is 12.4. The normalized spacial score (nSPS) is 11.0. The van der Waals surface area contributed by atoms with Gasteiger partial charge in [0.2, 0.25) is 11.8 Å². The van der Waals surface area contributed by atoms with Crippen LogP contribution in [0.25, 0.3) is 0 Å². The molecule has 2 N–H and O–H groups in total. The van der Waals surface area contributed by atoms with Gasteiger partial charge in [0.25, 0.3) is 0 Å². The number of rotatable bonds is 5. The van der Waals surface area contributed by atoms with E-state index in [1.54, 1.807) is 32.0 Å². The highest BCUT2D eigenvalue weighted by molar-refractivity contribution is 9.10. The molecule has 0 fully saturated rings. The smallest absolute Gasteiger partial charge is 0.239 e. The van der Waals surface area contributed by atoms with Crippen LogP contribution >= 0.6 is 15.9 Å². The quantitative estimate of drug-likeness (QED) is 0.799. The number of nitrogens with one attached hydrogen (secondary N) is 2. The Balaban J connectivity index is 2.00. The first kappa shape index (κ1) is 16.3. The number of carbonyl (C=O) groups excluding carboxylic acids is 2. The Hall–Kier alpha value is -2.08. The van der Waals surface area contributed by atoms with Crippen LogP contribution in [0.3, 0.4) is 0 Å². The van der Waals surface area contributed by atoms with E-state index in [0.29, 0.717) is 11.4 Å². The molecule has 1 aromatic heterocycles. The van der Waals surface area contributed by atoms with Crippen LogP contribution in [0, 0.1) is 5.41 Å². The minimum Gasteiger partial charge on any atom is -0.467 e. The zero-order valence-corrected chi connectivity index (χ0v) is 13.9. The van der Waals surface area contributed by atoms with Crippen molar-refractivity contribution < 1.29 is 14.0 Å². The minimum atomic E-state index is -1.21. The molecule has 2 aromatic rings. The van der Waals surface area contributed by atoms with Gasteiger partial charge in [-0.05, 0) is 54.0 Å². The molecule has 5 nitrogen and oxygen atoms in total. The van der Waals surface area contributed by atoms with Gasteiger partial charge in [0.1, 0.15) is 11.2 Å². The van der Waals surface area contributed by atoms with E-state index in [-0.39, 0.29) is 18.4 Å². The summed E-state index contributed by atoms with van der Waals surface area (Å²) < 4.78 is 5.91. The van der Waals surface area contributed by atoms with Crippen molar-refractivity contribution in [3.8, 4) is 0 Å². The molecule has 2 rings (SSSR count). The van der Waals surface area contributed by atoms with Gasteiger partial charge in [-0.3, -0.25) is 9.59 Å². The van der Waals surface area contributed by atoms with Crippen molar-refractivity contribution in [2.75, 3.05) is 5.32 Å². The number of benzene rings is 1. The van der Waals surface area contributed by atoms with Gasteiger partial charge >= 0.3 is 0 Å². The third kappa shape index (κ3) is 3.76. The second-order valence-corrected chi connectivity index (χ2v) is 6.18. The minimum absolute atomic E-state index is 0.248. The van der Waals surface area contributed by atoms with Crippen LogP contribution in [0.5, 0.6) is 0 Å². The Labute approximate surface area is 137 Å². The molecule has 0 radical (unpaired) electrons. The highest BCUT2D eigenvalue weighted by atomic mass is 79.9. The number of para-hydroxylation sites is 1. The summed E-state index contributed by atoms with van der Waals surface area (Å²) >= 11 is 3.36. The van der Waals surface area contributed by atoms with E-state index in [0.717, 1.165) is 4.47 Å². The van der Waals surface area contributed by atoms with Crippen molar-refractivity contribution >= 4 is 33.4 Å². The molecule has 0 aliphatic carbocycles. The molecule has 116 valence electrons. The van der Waals surface area contributed by atoms with Gasteiger partial charge in [-0.2, -0.15) is 0 Å². The number of furan rings is 1. The van der Waals surface area contributed by atoms with Gasteiger partial charge in [-0.25, -0.2) is 0 Å². The summed E-state index contributed by atoms with van der Waals surface area (Å²) in [6.07, 6.45) is 1.53. The van der Waals surface area contributed by atoms with Crippen LogP contribution in [0.2, 0.25) is 0 Å². The SMILES string of the molecule is CC(C)(C(=O)NCc1ccco1)C(=O)Nc1ccccc1Br. The van der Waals surface area contributed by atoms with E-state index >= 15 is 0 Å². The summed E-state index contributed by atoms with van der Waals surface area (Å²) in [5.41, 5.74) is -0.582. The Bertz CT molecular complexity index is 666. The third-order valence-electron chi connectivity index (χ3n) is 3.26. The Kier molecular flexibility index (Phi) is 5.03. The van der Waals surface area contributed by atoms with E-state index in [4.69, 9.17) is 4.42 Å².